The summed E-state index contributed by atoms with van der Waals surface area (Å²) in [5.74, 6) is -0.560. The third-order valence-corrected chi connectivity index (χ3v) is 6.34. The second-order valence-corrected chi connectivity index (χ2v) is 8.56. The number of carbonyl (C=O) groups is 2. The van der Waals surface area contributed by atoms with E-state index in [2.05, 4.69) is 17.1 Å². The number of likely N-dealkylation sites (N-methyl/N-ethyl adjacent to an activating group) is 2. The van der Waals surface area contributed by atoms with Crippen LogP contribution in [0.1, 0.15) is 38.4 Å². The summed E-state index contributed by atoms with van der Waals surface area (Å²) in [6.45, 7) is 2.20. The molecule has 3 aromatic rings. The molecule has 0 radical (unpaired) electrons. The standard InChI is InChI=1S/C24H28N6O3/c1-28-10-9-19(14-28)29(2)24(32)21-11-17-7-8-18(22(25)27-33)12-20(17)30(21)13-15-3-5-16(6-4-15)23(26)31/h3-8,11-12,19,33H,9-10,13-14H2,1-2H3,(H2,25,27)(H2,26,31). The monoisotopic (exact) mass is 448 g/mol. The Kier molecular flexibility index (Phi) is 6.06. The number of fused-ring (bicyclic) bond motifs is 1. The van der Waals surface area contributed by atoms with Crippen LogP contribution in [0.3, 0.4) is 0 Å². The Bertz CT molecular complexity index is 1230. The van der Waals surface area contributed by atoms with Crippen LogP contribution >= 0.6 is 0 Å². The largest absolute Gasteiger partial charge is 0.409 e. The van der Waals surface area contributed by atoms with Crippen LogP contribution in [0.2, 0.25) is 0 Å². The van der Waals surface area contributed by atoms with Gasteiger partial charge in [-0.05, 0) is 49.8 Å². The number of aromatic nitrogens is 1. The predicted molar refractivity (Wildman–Crippen MR) is 127 cm³/mol. The van der Waals surface area contributed by atoms with Gasteiger partial charge in [0.15, 0.2) is 5.84 Å². The van der Waals surface area contributed by atoms with Crippen LogP contribution in [-0.4, -0.2) is 70.5 Å². The molecule has 1 fully saturated rings. The lowest BCUT2D eigenvalue weighted by atomic mass is 10.1. The van der Waals surface area contributed by atoms with Gasteiger partial charge >= 0.3 is 0 Å². The first-order chi connectivity index (χ1) is 15.8. The summed E-state index contributed by atoms with van der Waals surface area (Å²) in [6.07, 6.45) is 0.932. The van der Waals surface area contributed by atoms with Gasteiger partial charge in [-0.1, -0.05) is 29.4 Å². The van der Waals surface area contributed by atoms with Crippen molar-refractivity contribution >= 4 is 28.6 Å². The molecule has 0 aliphatic carbocycles. The van der Waals surface area contributed by atoms with Crippen LogP contribution in [0.4, 0.5) is 0 Å². The van der Waals surface area contributed by atoms with Gasteiger partial charge in [-0.3, -0.25) is 9.59 Å². The van der Waals surface area contributed by atoms with Crippen molar-refractivity contribution in [1.29, 1.82) is 0 Å². The number of hydrogen-bond donors (Lipinski definition) is 3. The number of carbonyl (C=O) groups excluding carboxylic acids is 2. The molecule has 1 aromatic heterocycles. The Morgan fingerprint density at radius 2 is 1.82 bits per heavy atom. The molecule has 1 saturated heterocycles. The highest BCUT2D eigenvalue weighted by molar-refractivity contribution is 6.03. The fourth-order valence-electron chi connectivity index (χ4n) is 4.35. The summed E-state index contributed by atoms with van der Waals surface area (Å²) in [4.78, 5) is 29.0. The van der Waals surface area contributed by atoms with Crippen molar-refractivity contribution in [1.82, 2.24) is 14.4 Å². The lowest BCUT2D eigenvalue weighted by Crippen LogP contribution is -2.39. The minimum Gasteiger partial charge on any atom is -0.409 e. The molecule has 33 heavy (non-hydrogen) atoms. The van der Waals surface area contributed by atoms with Crippen LogP contribution in [-0.2, 0) is 6.54 Å². The summed E-state index contributed by atoms with van der Waals surface area (Å²) in [5, 5.41) is 13.1. The van der Waals surface area contributed by atoms with E-state index < -0.39 is 5.91 Å². The molecule has 1 atom stereocenters. The summed E-state index contributed by atoms with van der Waals surface area (Å²) >= 11 is 0. The van der Waals surface area contributed by atoms with Crippen molar-refractivity contribution in [2.75, 3.05) is 27.2 Å². The normalized spacial score (nSPS) is 16.9. The molecule has 172 valence electrons. The van der Waals surface area contributed by atoms with Crippen molar-refractivity contribution in [3.63, 3.8) is 0 Å². The number of likely N-dealkylation sites (tertiary alicyclic amines) is 1. The van der Waals surface area contributed by atoms with E-state index in [1.54, 1.807) is 18.2 Å². The molecule has 1 unspecified atom stereocenters. The summed E-state index contributed by atoms with van der Waals surface area (Å²) in [5.41, 5.74) is 14.4. The van der Waals surface area contributed by atoms with E-state index in [4.69, 9.17) is 16.7 Å². The van der Waals surface area contributed by atoms with E-state index in [1.165, 1.54) is 0 Å². The lowest BCUT2D eigenvalue weighted by Gasteiger charge is -2.25. The molecule has 0 spiro atoms. The average molecular weight is 449 g/mol. The summed E-state index contributed by atoms with van der Waals surface area (Å²) in [6, 6.07) is 14.4. The van der Waals surface area contributed by atoms with Gasteiger partial charge in [0.05, 0.1) is 0 Å². The Morgan fingerprint density at radius 3 is 2.42 bits per heavy atom. The minimum atomic E-state index is -0.490. The minimum absolute atomic E-state index is 0.00514. The number of amides is 2. The first-order valence-electron chi connectivity index (χ1n) is 10.7. The van der Waals surface area contributed by atoms with Crippen LogP contribution in [0.25, 0.3) is 10.9 Å². The highest BCUT2D eigenvalue weighted by atomic mass is 16.4. The Balaban J connectivity index is 1.77. The molecule has 5 N–H and O–H groups in total. The first kappa shape index (κ1) is 22.3. The molecular weight excluding hydrogens is 420 g/mol. The molecule has 9 heteroatoms. The molecule has 0 bridgehead atoms. The second kappa shape index (κ2) is 8.95. The highest BCUT2D eigenvalue weighted by Crippen LogP contribution is 2.25. The number of nitrogens with zero attached hydrogens (tertiary/aromatic N) is 4. The van der Waals surface area contributed by atoms with Gasteiger partial charge in [0, 0.05) is 48.2 Å². The maximum absolute atomic E-state index is 13.6. The summed E-state index contributed by atoms with van der Waals surface area (Å²) < 4.78 is 1.93. The molecule has 0 saturated carbocycles. The van der Waals surface area contributed by atoms with Crippen LogP contribution in [0, 0.1) is 0 Å². The van der Waals surface area contributed by atoms with Gasteiger partial charge in [0.25, 0.3) is 5.91 Å². The number of amidine groups is 1. The molecule has 4 rings (SSSR count). The maximum Gasteiger partial charge on any atom is 0.270 e. The predicted octanol–water partition coefficient (Wildman–Crippen LogP) is 1.66. The molecule has 1 aliphatic heterocycles. The third-order valence-electron chi connectivity index (χ3n) is 6.34. The van der Waals surface area contributed by atoms with E-state index in [9.17, 15) is 9.59 Å². The lowest BCUT2D eigenvalue weighted by molar-refractivity contribution is 0.0727. The number of benzene rings is 2. The SMILES string of the molecule is CN1CCC(N(C)C(=O)c2cc3ccc(C(N)=NO)cc3n2Cc2ccc(C(N)=O)cc2)C1. The van der Waals surface area contributed by atoms with E-state index in [0.29, 0.717) is 23.4 Å². The number of rotatable bonds is 6. The van der Waals surface area contributed by atoms with Crippen LogP contribution in [0.15, 0.2) is 53.7 Å². The molecule has 2 amide bonds. The smallest absolute Gasteiger partial charge is 0.270 e. The molecule has 2 aromatic carbocycles. The fourth-order valence-corrected chi connectivity index (χ4v) is 4.35. The second-order valence-electron chi connectivity index (χ2n) is 8.56. The van der Waals surface area contributed by atoms with E-state index in [-0.39, 0.29) is 17.8 Å². The number of nitrogens with two attached hydrogens (primary N) is 2. The van der Waals surface area contributed by atoms with Crippen molar-refractivity contribution in [3.05, 3.63) is 70.9 Å². The molecule has 1 aliphatic rings. The van der Waals surface area contributed by atoms with Crippen LogP contribution < -0.4 is 11.5 Å². The van der Waals surface area contributed by atoms with Gasteiger partial charge in [-0.15, -0.1) is 0 Å². The van der Waals surface area contributed by atoms with Crippen molar-refractivity contribution in [2.45, 2.75) is 19.0 Å². The molecule has 9 nitrogen and oxygen atoms in total. The van der Waals surface area contributed by atoms with Crippen LogP contribution in [0.5, 0.6) is 0 Å². The molecular formula is C24H28N6O3. The maximum atomic E-state index is 13.6. The van der Waals surface area contributed by atoms with Gasteiger partial charge in [0.1, 0.15) is 5.69 Å². The van der Waals surface area contributed by atoms with E-state index >= 15 is 0 Å². The zero-order chi connectivity index (χ0) is 23.7. The van der Waals surface area contributed by atoms with E-state index in [1.807, 2.05) is 46.8 Å². The van der Waals surface area contributed by atoms with Gasteiger partial charge < -0.3 is 31.0 Å². The zero-order valence-electron chi connectivity index (χ0n) is 18.7. The number of primary amides is 1. The van der Waals surface area contributed by atoms with Gasteiger partial charge in [0.2, 0.25) is 5.91 Å². The first-order valence-corrected chi connectivity index (χ1v) is 10.7. The number of hydrogen-bond acceptors (Lipinski definition) is 5. The Labute approximate surface area is 191 Å². The van der Waals surface area contributed by atoms with Gasteiger partial charge in [-0.2, -0.15) is 0 Å². The molecule has 2 heterocycles. The highest BCUT2D eigenvalue weighted by Gasteiger charge is 2.29. The Hall–Kier alpha value is -3.85. The fraction of sp³-hybridized carbons (Fsp3) is 0.292. The van der Waals surface area contributed by atoms with Gasteiger partial charge in [-0.25, -0.2) is 0 Å². The topological polar surface area (TPSA) is 130 Å². The van der Waals surface area contributed by atoms with Crippen molar-refractivity contribution < 1.29 is 14.8 Å². The Morgan fingerprint density at radius 1 is 1.12 bits per heavy atom. The third kappa shape index (κ3) is 4.40. The number of oxime groups is 1. The average Bonchev–Trinajstić information content (AvgIpc) is 3.41. The quantitative estimate of drug-likeness (QED) is 0.228. The van der Waals surface area contributed by atoms with Crippen molar-refractivity contribution in [2.24, 2.45) is 16.6 Å². The van der Waals surface area contributed by atoms with Crippen molar-refractivity contribution in [3.8, 4) is 0 Å². The summed E-state index contributed by atoms with van der Waals surface area (Å²) in [7, 11) is 3.90. The zero-order valence-corrected chi connectivity index (χ0v) is 18.7. The van der Waals surface area contributed by atoms with E-state index in [0.717, 1.165) is 36.0 Å².